The highest BCUT2D eigenvalue weighted by Gasteiger charge is 2.33. The number of rotatable bonds is 5. The number of carbonyl (C=O) groups is 1. The molecule has 2 aliphatic rings. The van der Waals surface area contributed by atoms with Crippen LogP contribution >= 0.6 is 0 Å². The molecule has 3 rings (SSSR count). The molecule has 26 heavy (non-hydrogen) atoms. The fourth-order valence-electron chi connectivity index (χ4n) is 3.49. The van der Waals surface area contributed by atoms with Crippen molar-refractivity contribution in [2.24, 2.45) is 5.92 Å². The van der Waals surface area contributed by atoms with Crippen LogP contribution in [0.5, 0.6) is 0 Å². The Bertz CT molecular complexity index is 621. The Kier molecular flexibility index (Phi) is 5.88. The van der Waals surface area contributed by atoms with E-state index in [4.69, 9.17) is 14.2 Å². The molecule has 1 heterocycles. The Morgan fingerprint density at radius 2 is 2.12 bits per heavy atom. The number of amides is 1. The van der Waals surface area contributed by atoms with Crippen LogP contribution in [0, 0.1) is 5.92 Å². The van der Waals surface area contributed by atoms with Gasteiger partial charge in [0.2, 0.25) is 0 Å². The summed E-state index contributed by atoms with van der Waals surface area (Å²) in [6.45, 7) is 7.36. The molecule has 5 heteroatoms. The number of carbonyl (C=O) groups excluding carboxylic acids is 1. The van der Waals surface area contributed by atoms with Gasteiger partial charge in [-0.25, -0.2) is 4.79 Å². The normalized spacial score (nSPS) is 22.2. The third-order valence-corrected chi connectivity index (χ3v) is 4.84. The summed E-state index contributed by atoms with van der Waals surface area (Å²) in [6.07, 6.45) is 3.22. The van der Waals surface area contributed by atoms with Crippen LogP contribution in [0.3, 0.4) is 0 Å². The second kappa shape index (κ2) is 7.97. The molecule has 1 saturated heterocycles. The van der Waals surface area contributed by atoms with Crippen molar-refractivity contribution in [2.45, 2.75) is 57.8 Å². The first-order chi connectivity index (χ1) is 12.4. The lowest BCUT2D eigenvalue weighted by Gasteiger charge is -2.34. The van der Waals surface area contributed by atoms with Gasteiger partial charge in [-0.3, -0.25) is 0 Å². The minimum atomic E-state index is -0.475. The van der Waals surface area contributed by atoms with Crippen LogP contribution in [0.1, 0.15) is 50.8 Å². The minimum Gasteiger partial charge on any atom is -0.444 e. The number of hydrogen-bond acceptors (Lipinski definition) is 4. The summed E-state index contributed by atoms with van der Waals surface area (Å²) in [5.74, 6) is 0.656. The fraction of sp³-hybridized carbons (Fsp3) is 0.667. The van der Waals surface area contributed by atoms with E-state index in [0.29, 0.717) is 25.6 Å². The van der Waals surface area contributed by atoms with Crippen molar-refractivity contribution >= 4 is 6.09 Å². The maximum absolute atomic E-state index is 12.3. The standard InChI is InChI=1S/C21H31NO4/c1-21(2,3)26-20(23)22-10-11-25-18(14-22)13-15-6-5-7-17(12-15)19(24-4)16-8-9-16/h5-7,12,16,18-19H,8-11,13-14H2,1-4H3/t18-,19?/m1/s1. The molecule has 0 spiro atoms. The molecule has 0 aromatic heterocycles. The van der Waals surface area contributed by atoms with Crippen molar-refractivity contribution in [3.8, 4) is 0 Å². The molecule has 0 N–H and O–H groups in total. The zero-order valence-electron chi connectivity index (χ0n) is 16.4. The van der Waals surface area contributed by atoms with Gasteiger partial charge >= 0.3 is 6.09 Å². The number of morpholine rings is 1. The topological polar surface area (TPSA) is 48.0 Å². The molecule has 1 aliphatic carbocycles. The van der Waals surface area contributed by atoms with Gasteiger partial charge in [-0.1, -0.05) is 24.3 Å². The first kappa shape index (κ1) is 19.2. The van der Waals surface area contributed by atoms with E-state index in [1.165, 1.54) is 24.0 Å². The van der Waals surface area contributed by atoms with Crippen LogP contribution in [-0.4, -0.2) is 49.5 Å². The highest BCUT2D eigenvalue weighted by molar-refractivity contribution is 5.68. The van der Waals surface area contributed by atoms with Crippen LogP contribution in [0.2, 0.25) is 0 Å². The van der Waals surface area contributed by atoms with Gasteiger partial charge in [0, 0.05) is 20.1 Å². The third kappa shape index (κ3) is 5.21. The number of nitrogens with zero attached hydrogens (tertiary/aromatic N) is 1. The quantitative estimate of drug-likeness (QED) is 0.796. The average molecular weight is 361 g/mol. The summed E-state index contributed by atoms with van der Waals surface area (Å²) < 4.78 is 17.1. The highest BCUT2D eigenvalue weighted by atomic mass is 16.6. The largest absolute Gasteiger partial charge is 0.444 e. The number of benzene rings is 1. The van der Waals surface area contributed by atoms with E-state index in [1.807, 2.05) is 20.8 Å². The first-order valence-electron chi connectivity index (χ1n) is 9.57. The average Bonchev–Trinajstić information content (AvgIpc) is 3.40. The third-order valence-electron chi connectivity index (χ3n) is 4.84. The van der Waals surface area contributed by atoms with E-state index in [2.05, 4.69) is 24.3 Å². The van der Waals surface area contributed by atoms with Gasteiger partial charge in [0.15, 0.2) is 0 Å². The van der Waals surface area contributed by atoms with Gasteiger partial charge in [0.25, 0.3) is 0 Å². The van der Waals surface area contributed by atoms with Crippen LogP contribution in [0.15, 0.2) is 24.3 Å². The number of methoxy groups -OCH3 is 1. The van der Waals surface area contributed by atoms with Gasteiger partial charge < -0.3 is 19.1 Å². The predicted molar refractivity (Wildman–Crippen MR) is 100 cm³/mol. The number of hydrogen-bond donors (Lipinski definition) is 0. The van der Waals surface area contributed by atoms with Crippen molar-refractivity contribution < 1.29 is 19.0 Å². The molecule has 2 atom stereocenters. The Morgan fingerprint density at radius 3 is 2.77 bits per heavy atom. The van der Waals surface area contributed by atoms with Crippen LogP contribution < -0.4 is 0 Å². The Hall–Kier alpha value is -1.59. The first-order valence-corrected chi connectivity index (χ1v) is 9.57. The molecule has 1 saturated carbocycles. The lowest BCUT2D eigenvalue weighted by molar-refractivity contribution is -0.0415. The van der Waals surface area contributed by atoms with Crippen molar-refractivity contribution in [2.75, 3.05) is 26.8 Å². The summed E-state index contributed by atoms with van der Waals surface area (Å²) in [5.41, 5.74) is 1.99. The van der Waals surface area contributed by atoms with E-state index < -0.39 is 5.60 Å². The maximum atomic E-state index is 12.3. The lowest BCUT2D eigenvalue weighted by Crippen LogP contribution is -2.48. The summed E-state index contributed by atoms with van der Waals surface area (Å²) >= 11 is 0. The van der Waals surface area contributed by atoms with Crippen molar-refractivity contribution in [3.63, 3.8) is 0 Å². The van der Waals surface area contributed by atoms with Crippen LogP contribution in [0.4, 0.5) is 4.79 Å². The molecule has 1 aromatic rings. The SMILES string of the molecule is COC(c1cccc(C[C@@H]2CN(C(=O)OC(C)(C)C)CCO2)c1)C1CC1. The molecule has 1 aromatic carbocycles. The van der Waals surface area contributed by atoms with Crippen molar-refractivity contribution in [1.29, 1.82) is 0 Å². The van der Waals surface area contributed by atoms with Gasteiger partial charge in [0.1, 0.15) is 5.60 Å². The molecule has 144 valence electrons. The van der Waals surface area contributed by atoms with Crippen LogP contribution in [0.25, 0.3) is 0 Å². The molecule has 1 unspecified atom stereocenters. The Morgan fingerprint density at radius 1 is 1.35 bits per heavy atom. The molecule has 2 fully saturated rings. The van der Waals surface area contributed by atoms with Crippen LogP contribution in [-0.2, 0) is 20.6 Å². The van der Waals surface area contributed by atoms with Gasteiger partial charge in [0.05, 0.1) is 25.4 Å². The summed E-state index contributed by atoms with van der Waals surface area (Å²) in [6, 6.07) is 8.58. The smallest absolute Gasteiger partial charge is 0.410 e. The lowest BCUT2D eigenvalue weighted by atomic mass is 9.99. The second-order valence-corrected chi connectivity index (χ2v) is 8.36. The fourth-order valence-corrected chi connectivity index (χ4v) is 3.49. The van der Waals surface area contributed by atoms with Gasteiger partial charge in [-0.05, 0) is 50.7 Å². The van der Waals surface area contributed by atoms with E-state index in [1.54, 1.807) is 12.0 Å². The van der Waals surface area contributed by atoms with E-state index >= 15 is 0 Å². The Balaban J connectivity index is 1.60. The Labute approximate surface area is 156 Å². The zero-order valence-corrected chi connectivity index (χ0v) is 16.4. The predicted octanol–water partition coefficient (Wildman–Crippen LogP) is 3.96. The molecule has 0 radical (unpaired) electrons. The van der Waals surface area contributed by atoms with Crippen molar-refractivity contribution in [3.05, 3.63) is 35.4 Å². The monoisotopic (exact) mass is 361 g/mol. The van der Waals surface area contributed by atoms with Gasteiger partial charge in [-0.15, -0.1) is 0 Å². The van der Waals surface area contributed by atoms with Gasteiger partial charge in [-0.2, -0.15) is 0 Å². The molecule has 0 bridgehead atoms. The molecule has 1 amide bonds. The molecule has 1 aliphatic heterocycles. The van der Waals surface area contributed by atoms with E-state index in [9.17, 15) is 4.79 Å². The maximum Gasteiger partial charge on any atom is 0.410 e. The number of ether oxygens (including phenoxy) is 3. The molecule has 5 nitrogen and oxygen atoms in total. The summed E-state index contributed by atoms with van der Waals surface area (Å²) in [7, 11) is 1.79. The highest BCUT2D eigenvalue weighted by Crippen LogP contribution is 2.43. The molecular formula is C21H31NO4. The summed E-state index contributed by atoms with van der Waals surface area (Å²) in [4.78, 5) is 14.1. The second-order valence-electron chi connectivity index (χ2n) is 8.36. The van der Waals surface area contributed by atoms with E-state index in [0.717, 1.165) is 6.42 Å². The minimum absolute atomic E-state index is 0.00608. The van der Waals surface area contributed by atoms with Crippen molar-refractivity contribution in [1.82, 2.24) is 4.90 Å². The summed E-state index contributed by atoms with van der Waals surface area (Å²) in [5, 5.41) is 0. The zero-order chi connectivity index (χ0) is 18.7. The molecular weight excluding hydrogens is 330 g/mol. The van der Waals surface area contributed by atoms with E-state index in [-0.39, 0.29) is 18.3 Å².